The van der Waals surface area contributed by atoms with Crippen LogP contribution in [-0.4, -0.2) is 40.1 Å². The Labute approximate surface area is 198 Å². The second-order valence-corrected chi connectivity index (χ2v) is 8.53. The number of nitriles is 1. The Balaban J connectivity index is 1.48. The van der Waals surface area contributed by atoms with E-state index in [2.05, 4.69) is 11.1 Å². The van der Waals surface area contributed by atoms with Crippen molar-refractivity contribution in [3.8, 4) is 6.07 Å². The van der Waals surface area contributed by atoms with E-state index in [1.807, 2.05) is 36.1 Å². The van der Waals surface area contributed by atoms with Gasteiger partial charge in [-0.2, -0.15) is 5.26 Å². The maximum absolute atomic E-state index is 13.3. The van der Waals surface area contributed by atoms with E-state index in [4.69, 9.17) is 5.26 Å². The molecule has 0 bridgehead atoms. The fraction of sp³-hybridized carbons (Fsp3) is 0.259. The molecule has 1 N–H and O–H groups in total. The van der Waals surface area contributed by atoms with Crippen LogP contribution in [0.5, 0.6) is 0 Å². The molecule has 0 aliphatic carbocycles. The fourth-order valence-electron chi connectivity index (χ4n) is 4.39. The molecule has 0 spiro atoms. The largest absolute Gasteiger partial charge is 0.465 e. The standard InChI is InChI=1S/C27H26N4O3/c1-19-2-5-24(16-25(19)31(27(33)34)18-21-8-12-29-13-9-21)26(32)30-14-10-23(11-15-30)22-6-3-20(17-28)4-7-22/h2-9,12-13,16,23H,10-11,14-15,18H2,1H3,(H,33,34). The maximum Gasteiger partial charge on any atom is 0.412 e. The van der Waals surface area contributed by atoms with Gasteiger partial charge in [-0.15, -0.1) is 0 Å². The Morgan fingerprint density at radius 1 is 1.09 bits per heavy atom. The van der Waals surface area contributed by atoms with Crippen LogP contribution in [0, 0.1) is 18.3 Å². The Morgan fingerprint density at radius 3 is 2.38 bits per heavy atom. The summed E-state index contributed by atoms with van der Waals surface area (Å²) in [5, 5.41) is 18.8. The number of carbonyl (C=O) groups excluding carboxylic acids is 1. The number of likely N-dealkylation sites (tertiary alicyclic amines) is 1. The summed E-state index contributed by atoms with van der Waals surface area (Å²) in [5.74, 6) is 0.266. The minimum atomic E-state index is -1.08. The predicted octanol–water partition coefficient (Wildman–Crippen LogP) is 4.97. The first kappa shape index (κ1) is 23.0. The number of aryl methyl sites for hydroxylation is 1. The van der Waals surface area contributed by atoms with Gasteiger partial charge in [0, 0.05) is 31.0 Å². The molecule has 7 nitrogen and oxygen atoms in total. The van der Waals surface area contributed by atoms with Gasteiger partial charge in [-0.05, 0) is 78.8 Å². The van der Waals surface area contributed by atoms with Crippen LogP contribution in [0.4, 0.5) is 10.5 Å². The summed E-state index contributed by atoms with van der Waals surface area (Å²) in [7, 11) is 0. The summed E-state index contributed by atoms with van der Waals surface area (Å²) in [6, 6.07) is 18.6. The second kappa shape index (κ2) is 10.2. The molecule has 2 amide bonds. The first-order valence-electron chi connectivity index (χ1n) is 11.3. The minimum absolute atomic E-state index is 0.0891. The average Bonchev–Trinajstić information content (AvgIpc) is 2.88. The highest BCUT2D eigenvalue weighted by molar-refractivity contribution is 5.97. The molecule has 1 aliphatic heterocycles. The number of aromatic nitrogens is 1. The molecule has 1 aromatic heterocycles. The zero-order valence-corrected chi connectivity index (χ0v) is 19.0. The molecular weight excluding hydrogens is 428 g/mol. The number of carbonyl (C=O) groups is 2. The summed E-state index contributed by atoms with van der Waals surface area (Å²) in [5.41, 5.74) is 4.43. The number of nitrogens with zero attached hydrogens (tertiary/aromatic N) is 4. The van der Waals surface area contributed by atoms with E-state index in [1.54, 1.807) is 42.7 Å². The first-order valence-corrected chi connectivity index (χ1v) is 11.3. The first-order chi connectivity index (χ1) is 16.5. The molecule has 34 heavy (non-hydrogen) atoms. The smallest absolute Gasteiger partial charge is 0.412 e. The van der Waals surface area contributed by atoms with E-state index in [0.717, 1.165) is 24.0 Å². The molecule has 3 aromatic rings. The number of hydrogen-bond acceptors (Lipinski definition) is 4. The molecule has 1 fully saturated rings. The Morgan fingerprint density at radius 2 is 1.76 bits per heavy atom. The van der Waals surface area contributed by atoms with Crippen LogP contribution >= 0.6 is 0 Å². The monoisotopic (exact) mass is 454 g/mol. The fourth-order valence-corrected chi connectivity index (χ4v) is 4.39. The van der Waals surface area contributed by atoms with Crippen molar-refractivity contribution < 1.29 is 14.7 Å². The van der Waals surface area contributed by atoms with Gasteiger partial charge < -0.3 is 10.0 Å². The lowest BCUT2D eigenvalue weighted by atomic mass is 9.89. The second-order valence-electron chi connectivity index (χ2n) is 8.53. The van der Waals surface area contributed by atoms with Gasteiger partial charge in [0.1, 0.15) is 0 Å². The van der Waals surface area contributed by atoms with Gasteiger partial charge in [0.05, 0.1) is 23.9 Å². The summed E-state index contributed by atoms with van der Waals surface area (Å²) in [6.45, 7) is 3.28. The molecule has 0 radical (unpaired) electrons. The molecule has 172 valence electrons. The average molecular weight is 455 g/mol. The van der Waals surface area contributed by atoms with Crippen molar-refractivity contribution in [2.75, 3.05) is 18.0 Å². The number of benzene rings is 2. The molecule has 7 heteroatoms. The summed E-state index contributed by atoms with van der Waals surface area (Å²) in [4.78, 5) is 32.4. The van der Waals surface area contributed by atoms with Crippen molar-refractivity contribution in [3.63, 3.8) is 0 Å². The van der Waals surface area contributed by atoms with Gasteiger partial charge in [-0.25, -0.2) is 4.79 Å². The lowest BCUT2D eigenvalue weighted by Crippen LogP contribution is -2.38. The van der Waals surface area contributed by atoms with Crippen molar-refractivity contribution in [2.45, 2.75) is 32.2 Å². The van der Waals surface area contributed by atoms with Crippen LogP contribution in [-0.2, 0) is 6.54 Å². The van der Waals surface area contributed by atoms with Crippen molar-refractivity contribution in [1.82, 2.24) is 9.88 Å². The van der Waals surface area contributed by atoms with Gasteiger partial charge in [-0.3, -0.25) is 14.7 Å². The van der Waals surface area contributed by atoms with Crippen molar-refractivity contribution in [2.24, 2.45) is 0 Å². The molecule has 2 aromatic carbocycles. The molecule has 2 heterocycles. The Bertz CT molecular complexity index is 1210. The quantitative estimate of drug-likeness (QED) is 0.587. The van der Waals surface area contributed by atoms with Gasteiger partial charge in [0.2, 0.25) is 0 Å². The van der Waals surface area contributed by atoms with Crippen LogP contribution in [0.1, 0.15) is 51.4 Å². The van der Waals surface area contributed by atoms with Crippen molar-refractivity contribution in [1.29, 1.82) is 5.26 Å². The molecule has 0 saturated carbocycles. The summed E-state index contributed by atoms with van der Waals surface area (Å²) in [6.07, 6.45) is 3.87. The third-order valence-corrected chi connectivity index (χ3v) is 6.36. The van der Waals surface area contributed by atoms with Crippen LogP contribution in [0.15, 0.2) is 67.0 Å². The topological polar surface area (TPSA) is 97.5 Å². The highest BCUT2D eigenvalue weighted by Gasteiger charge is 2.26. The molecule has 0 atom stereocenters. The molecule has 0 unspecified atom stereocenters. The predicted molar refractivity (Wildman–Crippen MR) is 129 cm³/mol. The highest BCUT2D eigenvalue weighted by Crippen LogP contribution is 2.30. The van der Waals surface area contributed by atoms with E-state index in [1.165, 1.54) is 10.5 Å². The normalized spacial score (nSPS) is 13.8. The van der Waals surface area contributed by atoms with Crippen LogP contribution in [0.3, 0.4) is 0 Å². The Kier molecular flexibility index (Phi) is 6.88. The molecule has 4 rings (SSSR count). The van der Waals surface area contributed by atoms with Crippen molar-refractivity contribution in [3.05, 3.63) is 94.8 Å². The summed E-state index contributed by atoms with van der Waals surface area (Å²) >= 11 is 0. The zero-order valence-electron chi connectivity index (χ0n) is 19.0. The minimum Gasteiger partial charge on any atom is -0.465 e. The van der Waals surface area contributed by atoms with E-state index < -0.39 is 6.09 Å². The zero-order chi connectivity index (χ0) is 24.1. The number of carboxylic acid groups (broad SMARTS) is 1. The lowest BCUT2D eigenvalue weighted by molar-refractivity contribution is 0.0713. The lowest BCUT2D eigenvalue weighted by Gasteiger charge is -2.32. The van der Waals surface area contributed by atoms with E-state index in [0.29, 0.717) is 35.8 Å². The number of rotatable bonds is 5. The highest BCUT2D eigenvalue weighted by atomic mass is 16.4. The number of amides is 2. The van der Waals surface area contributed by atoms with Gasteiger partial charge in [0.15, 0.2) is 0 Å². The van der Waals surface area contributed by atoms with E-state index in [-0.39, 0.29) is 12.5 Å². The van der Waals surface area contributed by atoms with Crippen LogP contribution in [0.2, 0.25) is 0 Å². The number of piperidine rings is 1. The van der Waals surface area contributed by atoms with Crippen LogP contribution in [0.25, 0.3) is 0 Å². The maximum atomic E-state index is 13.3. The number of anilines is 1. The van der Waals surface area contributed by atoms with Gasteiger partial charge in [-0.1, -0.05) is 18.2 Å². The van der Waals surface area contributed by atoms with Crippen LogP contribution < -0.4 is 4.90 Å². The Hall–Kier alpha value is -4.18. The van der Waals surface area contributed by atoms with E-state index in [9.17, 15) is 14.7 Å². The third kappa shape index (κ3) is 5.07. The number of hydrogen-bond donors (Lipinski definition) is 1. The number of pyridine rings is 1. The summed E-state index contributed by atoms with van der Waals surface area (Å²) < 4.78 is 0. The van der Waals surface area contributed by atoms with Crippen molar-refractivity contribution >= 4 is 17.7 Å². The third-order valence-electron chi connectivity index (χ3n) is 6.36. The van der Waals surface area contributed by atoms with E-state index >= 15 is 0 Å². The van der Waals surface area contributed by atoms with Gasteiger partial charge >= 0.3 is 6.09 Å². The molecule has 1 saturated heterocycles. The van der Waals surface area contributed by atoms with Gasteiger partial charge in [0.25, 0.3) is 5.91 Å². The molecule has 1 aliphatic rings. The SMILES string of the molecule is Cc1ccc(C(=O)N2CCC(c3ccc(C#N)cc3)CC2)cc1N(Cc1ccncc1)C(=O)O. The molecular formula is C27H26N4O3.